The van der Waals surface area contributed by atoms with Crippen molar-refractivity contribution in [1.29, 1.82) is 0 Å². The van der Waals surface area contributed by atoms with E-state index in [1.165, 1.54) is 6.07 Å². The Morgan fingerprint density at radius 1 is 1.35 bits per heavy atom. The molecule has 1 aliphatic heterocycles. The number of aromatic nitrogens is 1. The van der Waals surface area contributed by atoms with E-state index in [-0.39, 0.29) is 11.7 Å². The largest absolute Gasteiger partial charge is 0.475 e. The van der Waals surface area contributed by atoms with Crippen LogP contribution in [0.25, 0.3) is 11.3 Å². The minimum atomic E-state index is -1.16. The number of hydrogen-bond acceptors (Lipinski definition) is 4. The topological polar surface area (TPSA) is 83.6 Å². The van der Waals surface area contributed by atoms with Gasteiger partial charge in [0.25, 0.3) is 0 Å². The van der Waals surface area contributed by atoms with Gasteiger partial charge in [-0.15, -0.1) is 0 Å². The van der Waals surface area contributed by atoms with E-state index < -0.39 is 5.97 Å². The Morgan fingerprint density at radius 2 is 2.15 bits per heavy atom. The lowest BCUT2D eigenvalue weighted by Gasteiger charge is -2.26. The molecule has 1 aliphatic rings. The molecule has 0 spiro atoms. The van der Waals surface area contributed by atoms with Gasteiger partial charge in [-0.2, -0.15) is 0 Å². The summed E-state index contributed by atoms with van der Waals surface area (Å²) in [7, 11) is 1.73. The minimum absolute atomic E-state index is 0.0704. The normalized spacial score (nSPS) is 14.2. The third kappa shape index (κ3) is 1.95. The van der Waals surface area contributed by atoms with Gasteiger partial charge in [-0.3, -0.25) is 4.79 Å². The summed E-state index contributed by atoms with van der Waals surface area (Å²) >= 11 is 0. The summed E-state index contributed by atoms with van der Waals surface area (Å²) in [4.78, 5) is 24.1. The second kappa shape index (κ2) is 4.48. The molecule has 0 bridgehead atoms. The summed E-state index contributed by atoms with van der Waals surface area (Å²) in [6.45, 7) is 0. The lowest BCUT2D eigenvalue weighted by Crippen LogP contribution is -2.31. The number of aryl methyl sites for hydroxylation is 1. The first-order chi connectivity index (χ1) is 9.56. The Hall–Kier alpha value is -2.63. The molecule has 0 saturated carbocycles. The number of carbonyl (C=O) groups excluding carboxylic acids is 1. The highest BCUT2D eigenvalue weighted by Gasteiger charge is 2.22. The van der Waals surface area contributed by atoms with Crippen LogP contribution in [0.5, 0.6) is 0 Å². The smallest absolute Gasteiger partial charge is 0.374 e. The van der Waals surface area contributed by atoms with Crippen LogP contribution >= 0.6 is 0 Å². The van der Waals surface area contributed by atoms with Gasteiger partial charge in [0.2, 0.25) is 11.7 Å². The van der Waals surface area contributed by atoms with Crippen LogP contribution in [0.3, 0.4) is 0 Å². The molecule has 0 fully saturated rings. The first-order valence-corrected chi connectivity index (χ1v) is 6.16. The molecule has 6 nitrogen and oxygen atoms in total. The molecule has 0 saturated heterocycles. The zero-order chi connectivity index (χ0) is 14.3. The molecular formula is C14H12N2O4. The summed E-state index contributed by atoms with van der Waals surface area (Å²) in [6.07, 6.45) is 1.23. The Morgan fingerprint density at radius 3 is 2.85 bits per heavy atom. The number of rotatable bonds is 2. The summed E-state index contributed by atoms with van der Waals surface area (Å²) in [6, 6.07) is 6.99. The Balaban J connectivity index is 2.03. The second-order valence-corrected chi connectivity index (χ2v) is 4.68. The van der Waals surface area contributed by atoms with E-state index in [4.69, 9.17) is 9.63 Å². The molecule has 0 unspecified atom stereocenters. The third-order valence-electron chi connectivity index (χ3n) is 3.45. The molecule has 0 atom stereocenters. The lowest BCUT2D eigenvalue weighted by molar-refractivity contribution is -0.118. The van der Waals surface area contributed by atoms with Crippen LogP contribution in [0.4, 0.5) is 5.69 Å². The highest BCUT2D eigenvalue weighted by Crippen LogP contribution is 2.31. The van der Waals surface area contributed by atoms with Gasteiger partial charge in [0.05, 0.1) is 0 Å². The summed E-state index contributed by atoms with van der Waals surface area (Å²) in [5, 5.41) is 12.6. The van der Waals surface area contributed by atoms with Gasteiger partial charge >= 0.3 is 5.97 Å². The number of carboxylic acid groups (broad SMARTS) is 1. The summed E-state index contributed by atoms with van der Waals surface area (Å²) in [5.41, 5.74) is 3.09. The molecule has 1 aromatic carbocycles. The molecule has 3 rings (SSSR count). The van der Waals surface area contributed by atoms with Crippen molar-refractivity contribution in [1.82, 2.24) is 5.16 Å². The number of carbonyl (C=O) groups is 2. The fourth-order valence-electron chi connectivity index (χ4n) is 2.30. The molecule has 0 radical (unpaired) electrons. The first-order valence-electron chi connectivity index (χ1n) is 6.16. The number of aromatic carboxylic acids is 1. The number of benzene rings is 1. The molecule has 1 aromatic heterocycles. The third-order valence-corrected chi connectivity index (χ3v) is 3.45. The van der Waals surface area contributed by atoms with Crippen molar-refractivity contribution in [3.8, 4) is 11.3 Å². The average molecular weight is 272 g/mol. The van der Waals surface area contributed by atoms with Crippen LogP contribution < -0.4 is 4.90 Å². The van der Waals surface area contributed by atoms with Crippen molar-refractivity contribution in [3.05, 3.63) is 35.6 Å². The minimum Gasteiger partial charge on any atom is -0.475 e. The maximum absolute atomic E-state index is 11.7. The van der Waals surface area contributed by atoms with Gasteiger partial charge in [-0.1, -0.05) is 17.3 Å². The predicted octanol–water partition coefficient (Wildman–Crippen LogP) is 1.95. The van der Waals surface area contributed by atoms with E-state index >= 15 is 0 Å². The maximum atomic E-state index is 11.7. The Bertz CT molecular complexity index is 705. The van der Waals surface area contributed by atoms with Gasteiger partial charge in [0, 0.05) is 30.8 Å². The van der Waals surface area contributed by atoms with E-state index in [1.807, 2.05) is 18.2 Å². The van der Waals surface area contributed by atoms with Crippen LogP contribution in [0.2, 0.25) is 0 Å². The number of carboxylic acids is 1. The second-order valence-electron chi connectivity index (χ2n) is 4.68. The molecule has 1 amide bonds. The van der Waals surface area contributed by atoms with Crippen molar-refractivity contribution < 1.29 is 19.2 Å². The molecule has 2 aromatic rings. The van der Waals surface area contributed by atoms with E-state index in [1.54, 1.807) is 11.9 Å². The number of nitrogens with zero attached hydrogens (tertiary/aromatic N) is 2. The standard InChI is InChI=1S/C14H12N2O4/c1-16-11-6-9(3-2-8(11)4-5-13(16)17)10-7-12(14(18)19)20-15-10/h2-3,6-7H,4-5H2,1H3,(H,18,19). The van der Waals surface area contributed by atoms with E-state index in [9.17, 15) is 9.59 Å². The summed E-state index contributed by atoms with van der Waals surface area (Å²) < 4.78 is 4.74. The van der Waals surface area contributed by atoms with Crippen molar-refractivity contribution >= 4 is 17.6 Å². The Labute approximate surface area is 114 Å². The van der Waals surface area contributed by atoms with Gasteiger partial charge in [-0.05, 0) is 18.1 Å². The van der Waals surface area contributed by atoms with Crippen LogP contribution in [-0.4, -0.2) is 29.2 Å². The van der Waals surface area contributed by atoms with Crippen molar-refractivity contribution in [2.75, 3.05) is 11.9 Å². The number of amides is 1. The quantitative estimate of drug-likeness (QED) is 0.903. The monoisotopic (exact) mass is 272 g/mol. The van der Waals surface area contributed by atoms with E-state index in [2.05, 4.69) is 5.16 Å². The Kier molecular flexibility index (Phi) is 2.78. The fourth-order valence-corrected chi connectivity index (χ4v) is 2.30. The molecule has 1 N–H and O–H groups in total. The molecular weight excluding hydrogens is 260 g/mol. The van der Waals surface area contributed by atoms with Gasteiger partial charge < -0.3 is 14.5 Å². The number of fused-ring (bicyclic) bond motifs is 1. The van der Waals surface area contributed by atoms with E-state index in [0.717, 1.165) is 23.2 Å². The zero-order valence-corrected chi connectivity index (χ0v) is 10.8. The van der Waals surface area contributed by atoms with E-state index in [0.29, 0.717) is 12.1 Å². The molecule has 0 aliphatic carbocycles. The predicted molar refractivity (Wildman–Crippen MR) is 70.6 cm³/mol. The highest BCUT2D eigenvalue weighted by molar-refractivity contribution is 5.96. The van der Waals surface area contributed by atoms with Gasteiger partial charge in [0.15, 0.2) is 0 Å². The SMILES string of the molecule is CN1C(=O)CCc2ccc(-c3cc(C(=O)O)on3)cc21. The molecule has 2 heterocycles. The molecule has 20 heavy (non-hydrogen) atoms. The molecule has 6 heteroatoms. The lowest BCUT2D eigenvalue weighted by atomic mass is 9.98. The molecule has 102 valence electrons. The first kappa shape index (κ1) is 12.4. The zero-order valence-electron chi connectivity index (χ0n) is 10.8. The van der Waals surface area contributed by atoms with Crippen LogP contribution in [0.1, 0.15) is 22.5 Å². The van der Waals surface area contributed by atoms with Crippen LogP contribution in [0.15, 0.2) is 28.8 Å². The van der Waals surface area contributed by atoms with Crippen molar-refractivity contribution in [3.63, 3.8) is 0 Å². The van der Waals surface area contributed by atoms with Crippen LogP contribution in [-0.2, 0) is 11.2 Å². The van der Waals surface area contributed by atoms with Gasteiger partial charge in [0.1, 0.15) is 5.69 Å². The summed E-state index contributed by atoms with van der Waals surface area (Å²) in [5.74, 6) is -1.29. The average Bonchev–Trinajstić information content (AvgIpc) is 2.93. The maximum Gasteiger partial charge on any atom is 0.374 e. The van der Waals surface area contributed by atoms with Crippen LogP contribution in [0, 0.1) is 0 Å². The van der Waals surface area contributed by atoms with Crippen molar-refractivity contribution in [2.45, 2.75) is 12.8 Å². The highest BCUT2D eigenvalue weighted by atomic mass is 16.5. The number of anilines is 1. The van der Waals surface area contributed by atoms with Gasteiger partial charge in [-0.25, -0.2) is 4.79 Å². The fraction of sp³-hybridized carbons (Fsp3) is 0.214. The number of hydrogen-bond donors (Lipinski definition) is 1. The van der Waals surface area contributed by atoms with Crippen molar-refractivity contribution in [2.24, 2.45) is 0 Å².